The first-order valence-electron chi connectivity index (χ1n) is 13.3. The van der Waals surface area contributed by atoms with E-state index in [0.29, 0.717) is 4.88 Å². The first-order chi connectivity index (χ1) is 19.9. The molecule has 1 aromatic heterocycles. The quantitative estimate of drug-likeness (QED) is 0.219. The molecule has 0 saturated heterocycles. The Balaban J connectivity index is 1.30. The number of carbonyl (C=O) groups is 3. The maximum atomic E-state index is 13.4. The topological polar surface area (TPSA) is 114 Å². The molecule has 0 bridgehead atoms. The van der Waals surface area contributed by atoms with Crippen LogP contribution >= 0.6 is 11.3 Å². The number of alkyl carbamates (subject to hydrolysis) is 1. The van der Waals surface area contributed by atoms with Gasteiger partial charge in [0.15, 0.2) is 6.04 Å². The molecule has 3 atom stereocenters. The highest BCUT2D eigenvalue weighted by Gasteiger charge is 2.34. The average molecular weight is 571 g/mol. The summed E-state index contributed by atoms with van der Waals surface area (Å²) in [5, 5.41) is 16.7. The van der Waals surface area contributed by atoms with Gasteiger partial charge in [0, 0.05) is 10.8 Å². The maximum Gasteiger partial charge on any atom is 0.407 e. The number of thiophene rings is 1. The molecule has 0 saturated carbocycles. The molecule has 3 N–H and O–H groups in total. The van der Waals surface area contributed by atoms with Gasteiger partial charge in [-0.2, -0.15) is 0 Å². The molecular weight excluding hydrogens is 540 g/mol. The van der Waals surface area contributed by atoms with E-state index in [2.05, 4.69) is 10.6 Å². The number of rotatable bonds is 11. The summed E-state index contributed by atoms with van der Waals surface area (Å²) < 4.78 is 11.6. The smallest absolute Gasteiger partial charge is 0.407 e. The summed E-state index contributed by atoms with van der Waals surface area (Å²) in [7, 11) is 0. The van der Waals surface area contributed by atoms with E-state index in [4.69, 9.17) is 9.47 Å². The van der Waals surface area contributed by atoms with Gasteiger partial charge in [-0.05, 0) is 46.2 Å². The van der Waals surface area contributed by atoms with E-state index in [1.165, 1.54) is 11.3 Å². The van der Waals surface area contributed by atoms with E-state index in [1.807, 2.05) is 78.9 Å². The second kappa shape index (κ2) is 12.8. The van der Waals surface area contributed by atoms with Gasteiger partial charge in [0.25, 0.3) is 0 Å². The van der Waals surface area contributed by atoms with Crippen molar-refractivity contribution >= 4 is 29.3 Å². The number of nitrogens with one attached hydrogen (secondary N) is 2. The molecule has 0 spiro atoms. The number of aliphatic carboxylic acids is 1. The molecule has 4 aromatic rings. The second-order valence-corrected chi connectivity index (χ2v) is 10.7. The lowest BCUT2D eigenvalue weighted by molar-refractivity contribution is -0.143. The molecule has 3 aromatic carbocycles. The Bertz CT molecular complexity index is 1460. The highest BCUT2D eigenvalue weighted by Crippen LogP contribution is 2.44. The lowest BCUT2D eigenvalue weighted by Gasteiger charge is -2.26. The highest BCUT2D eigenvalue weighted by atomic mass is 32.1. The Labute approximate surface area is 241 Å². The molecule has 1 aliphatic carbocycles. The third kappa shape index (κ3) is 6.48. The van der Waals surface area contributed by atoms with Crippen LogP contribution < -0.4 is 10.6 Å². The van der Waals surface area contributed by atoms with Crippen molar-refractivity contribution in [1.82, 2.24) is 10.6 Å². The van der Waals surface area contributed by atoms with Crippen LogP contribution in [0.15, 0.2) is 96.4 Å². The largest absolute Gasteiger partial charge is 0.479 e. The van der Waals surface area contributed by atoms with Gasteiger partial charge in [0.2, 0.25) is 5.91 Å². The van der Waals surface area contributed by atoms with Crippen LogP contribution in [-0.4, -0.2) is 41.8 Å². The van der Waals surface area contributed by atoms with Crippen LogP contribution in [0, 0.1) is 0 Å². The van der Waals surface area contributed by atoms with E-state index >= 15 is 0 Å². The van der Waals surface area contributed by atoms with Gasteiger partial charge in [-0.25, -0.2) is 9.59 Å². The predicted octanol–water partition coefficient (Wildman–Crippen LogP) is 5.50. The van der Waals surface area contributed by atoms with Crippen LogP contribution in [-0.2, 0) is 25.7 Å². The van der Waals surface area contributed by atoms with Crippen LogP contribution in [0.3, 0.4) is 0 Å². The van der Waals surface area contributed by atoms with Crippen molar-refractivity contribution in [3.63, 3.8) is 0 Å². The molecule has 1 aliphatic rings. The minimum Gasteiger partial charge on any atom is -0.479 e. The monoisotopic (exact) mass is 570 g/mol. The fraction of sp³-hybridized carbons (Fsp3) is 0.219. The first kappa shape index (κ1) is 28.1. The Morgan fingerprint density at radius 2 is 1.49 bits per heavy atom. The second-order valence-electron chi connectivity index (χ2n) is 9.74. The van der Waals surface area contributed by atoms with Crippen molar-refractivity contribution < 1.29 is 29.0 Å². The predicted molar refractivity (Wildman–Crippen MR) is 156 cm³/mol. The third-order valence-corrected chi connectivity index (χ3v) is 8.02. The third-order valence-electron chi connectivity index (χ3n) is 7.09. The number of carboxylic acids is 1. The molecule has 41 heavy (non-hydrogen) atoms. The van der Waals surface area contributed by atoms with Crippen LogP contribution in [0.2, 0.25) is 0 Å². The zero-order valence-electron chi connectivity index (χ0n) is 22.4. The van der Waals surface area contributed by atoms with Crippen LogP contribution in [0.4, 0.5) is 4.79 Å². The van der Waals surface area contributed by atoms with E-state index in [9.17, 15) is 19.5 Å². The molecule has 5 rings (SSSR count). The van der Waals surface area contributed by atoms with Crippen molar-refractivity contribution in [2.45, 2.75) is 37.6 Å². The van der Waals surface area contributed by atoms with Gasteiger partial charge in [-0.3, -0.25) is 4.79 Å². The van der Waals surface area contributed by atoms with Gasteiger partial charge in [0.05, 0.1) is 12.7 Å². The van der Waals surface area contributed by atoms with Crippen LogP contribution in [0.25, 0.3) is 11.1 Å². The number of hydrogen-bond acceptors (Lipinski definition) is 6. The zero-order valence-corrected chi connectivity index (χ0v) is 23.2. The Kier molecular flexibility index (Phi) is 8.76. The molecule has 0 radical (unpaired) electrons. The van der Waals surface area contributed by atoms with Gasteiger partial charge < -0.3 is 25.2 Å². The van der Waals surface area contributed by atoms with E-state index < -0.39 is 36.2 Å². The van der Waals surface area contributed by atoms with E-state index in [1.54, 1.807) is 24.4 Å². The summed E-state index contributed by atoms with van der Waals surface area (Å²) in [5.74, 6) is -2.05. The molecule has 210 valence electrons. The van der Waals surface area contributed by atoms with Crippen molar-refractivity contribution in [2.75, 3.05) is 6.61 Å². The summed E-state index contributed by atoms with van der Waals surface area (Å²) >= 11 is 1.22. The molecule has 0 aliphatic heterocycles. The van der Waals surface area contributed by atoms with Crippen molar-refractivity contribution in [3.8, 4) is 11.1 Å². The zero-order chi connectivity index (χ0) is 28.8. The molecule has 8 nitrogen and oxygen atoms in total. The summed E-state index contributed by atoms with van der Waals surface area (Å²) in [6, 6.07) is 26.3. The van der Waals surface area contributed by atoms with E-state index in [0.717, 1.165) is 27.8 Å². The lowest BCUT2D eigenvalue weighted by Crippen LogP contribution is -2.54. The molecule has 0 fully saturated rings. The number of ether oxygens (including phenoxy) is 2. The van der Waals surface area contributed by atoms with Gasteiger partial charge in [-0.15, -0.1) is 11.3 Å². The number of amides is 2. The van der Waals surface area contributed by atoms with Crippen molar-refractivity contribution in [3.05, 3.63) is 118 Å². The van der Waals surface area contributed by atoms with E-state index in [-0.39, 0.29) is 19.1 Å². The fourth-order valence-electron chi connectivity index (χ4n) is 5.00. The standard InChI is InChI=1S/C32H30N2O6S/c1-20(39-18-21-10-3-2-4-11-21)28(30(35)33-29(31(36)37)27-16-9-17-41-27)34-32(38)40-19-26-24-14-7-5-12-22(24)23-13-6-8-15-25(23)26/h2-17,20,26,28-29H,18-19H2,1H3,(H,33,35)(H,34,38)(H,36,37). The van der Waals surface area contributed by atoms with Gasteiger partial charge >= 0.3 is 12.1 Å². The minimum atomic E-state index is -1.27. The number of fused-ring (bicyclic) bond motifs is 3. The van der Waals surface area contributed by atoms with Crippen molar-refractivity contribution in [2.24, 2.45) is 0 Å². The maximum absolute atomic E-state index is 13.4. The number of carboxylic acid groups (broad SMARTS) is 1. The summed E-state index contributed by atoms with van der Waals surface area (Å²) in [6.07, 6.45) is -1.60. The number of carbonyl (C=O) groups excluding carboxylic acids is 2. The SMILES string of the molecule is CC(OCc1ccccc1)C(NC(=O)OCC1c2ccccc2-c2ccccc21)C(=O)NC(C(=O)O)c1cccs1. The van der Waals surface area contributed by atoms with Gasteiger partial charge in [-0.1, -0.05) is 84.9 Å². The minimum absolute atomic E-state index is 0.0698. The summed E-state index contributed by atoms with van der Waals surface area (Å²) in [6.45, 7) is 1.92. The molecule has 2 amide bonds. The normalized spacial score (nSPS) is 14.3. The Hall–Kier alpha value is -4.47. The Morgan fingerprint density at radius 1 is 0.854 bits per heavy atom. The average Bonchev–Trinajstić information content (AvgIpc) is 3.63. The Morgan fingerprint density at radius 3 is 2.10 bits per heavy atom. The number of hydrogen-bond donors (Lipinski definition) is 3. The van der Waals surface area contributed by atoms with Gasteiger partial charge in [0.1, 0.15) is 12.6 Å². The summed E-state index contributed by atoms with van der Waals surface area (Å²) in [4.78, 5) is 38.9. The summed E-state index contributed by atoms with van der Waals surface area (Å²) in [5.41, 5.74) is 5.23. The molecular formula is C32H30N2O6S. The molecule has 3 unspecified atom stereocenters. The van der Waals surface area contributed by atoms with Crippen molar-refractivity contribution in [1.29, 1.82) is 0 Å². The van der Waals surface area contributed by atoms with Crippen LogP contribution in [0.5, 0.6) is 0 Å². The highest BCUT2D eigenvalue weighted by molar-refractivity contribution is 7.10. The molecule has 1 heterocycles. The molecule has 9 heteroatoms. The van der Waals surface area contributed by atoms with Crippen LogP contribution in [0.1, 0.15) is 40.5 Å². The number of benzene rings is 3. The fourth-order valence-corrected chi connectivity index (χ4v) is 5.77. The first-order valence-corrected chi connectivity index (χ1v) is 14.1. The lowest BCUT2D eigenvalue weighted by atomic mass is 9.98.